The summed E-state index contributed by atoms with van der Waals surface area (Å²) in [5.74, 6) is 0.933. The van der Waals surface area contributed by atoms with E-state index >= 15 is 0 Å². The maximum absolute atomic E-state index is 12.5. The fourth-order valence-corrected chi connectivity index (χ4v) is 4.13. The standard InChI is InChI=1S/C23H24N4OS/c28-23(19-7-9-20(10-8-19)29-22-6-2-3-12-25-22)26-17-18-11-13-24-21(16-18)27-14-4-1-5-15-27/h2-3,6-13,16H,1,4-5,14-15,17H2,(H,26,28). The molecule has 5 nitrogen and oxygen atoms in total. The van der Waals surface area contributed by atoms with Crippen LogP contribution in [0.1, 0.15) is 35.2 Å². The number of amides is 1. The summed E-state index contributed by atoms with van der Waals surface area (Å²) in [6.45, 7) is 2.62. The van der Waals surface area contributed by atoms with Crippen molar-refractivity contribution in [2.24, 2.45) is 0 Å². The number of pyridine rings is 2. The van der Waals surface area contributed by atoms with Crippen LogP contribution < -0.4 is 10.2 Å². The van der Waals surface area contributed by atoms with Crippen LogP contribution in [0.25, 0.3) is 0 Å². The highest BCUT2D eigenvalue weighted by Gasteiger charge is 2.13. The average molecular weight is 405 g/mol. The predicted molar refractivity (Wildman–Crippen MR) is 116 cm³/mol. The third kappa shape index (κ3) is 5.35. The van der Waals surface area contributed by atoms with Crippen LogP contribution in [-0.4, -0.2) is 29.0 Å². The third-order valence-electron chi connectivity index (χ3n) is 4.92. The molecular weight excluding hydrogens is 380 g/mol. The zero-order chi connectivity index (χ0) is 19.9. The highest BCUT2D eigenvalue weighted by Crippen LogP contribution is 2.25. The van der Waals surface area contributed by atoms with E-state index < -0.39 is 0 Å². The maximum Gasteiger partial charge on any atom is 0.251 e. The Labute approximate surface area is 175 Å². The number of rotatable bonds is 6. The number of carbonyl (C=O) groups is 1. The van der Waals surface area contributed by atoms with Crippen molar-refractivity contribution in [2.75, 3.05) is 18.0 Å². The van der Waals surface area contributed by atoms with Crippen LogP contribution in [-0.2, 0) is 6.54 Å². The Balaban J connectivity index is 1.33. The van der Waals surface area contributed by atoms with Crippen LogP contribution >= 0.6 is 11.8 Å². The Morgan fingerprint density at radius 2 is 1.79 bits per heavy atom. The molecule has 0 saturated carbocycles. The minimum absolute atomic E-state index is 0.0734. The number of nitrogens with zero attached hydrogens (tertiary/aromatic N) is 3. The highest BCUT2D eigenvalue weighted by molar-refractivity contribution is 7.99. The van der Waals surface area contributed by atoms with Crippen molar-refractivity contribution in [1.82, 2.24) is 15.3 Å². The molecular formula is C23H24N4OS. The monoisotopic (exact) mass is 404 g/mol. The third-order valence-corrected chi connectivity index (χ3v) is 5.88. The van der Waals surface area contributed by atoms with Gasteiger partial charge in [-0.25, -0.2) is 9.97 Å². The average Bonchev–Trinajstić information content (AvgIpc) is 2.79. The van der Waals surface area contributed by atoms with E-state index in [0.717, 1.165) is 34.4 Å². The molecule has 0 bridgehead atoms. The van der Waals surface area contributed by atoms with E-state index in [-0.39, 0.29) is 5.91 Å². The van der Waals surface area contributed by atoms with Crippen LogP contribution in [0.15, 0.2) is 76.9 Å². The highest BCUT2D eigenvalue weighted by atomic mass is 32.2. The van der Waals surface area contributed by atoms with Gasteiger partial charge in [-0.05, 0) is 73.4 Å². The fourth-order valence-electron chi connectivity index (χ4n) is 3.35. The van der Waals surface area contributed by atoms with E-state index in [0.29, 0.717) is 12.1 Å². The van der Waals surface area contributed by atoms with Crippen molar-refractivity contribution in [3.05, 3.63) is 78.1 Å². The number of hydrogen-bond donors (Lipinski definition) is 1. The van der Waals surface area contributed by atoms with Crippen molar-refractivity contribution < 1.29 is 4.79 Å². The van der Waals surface area contributed by atoms with Gasteiger partial charge in [0.05, 0.1) is 0 Å². The van der Waals surface area contributed by atoms with E-state index in [2.05, 4.69) is 26.3 Å². The summed E-state index contributed by atoms with van der Waals surface area (Å²) in [7, 11) is 0. The number of hydrogen-bond acceptors (Lipinski definition) is 5. The van der Waals surface area contributed by atoms with Crippen molar-refractivity contribution in [3.63, 3.8) is 0 Å². The van der Waals surface area contributed by atoms with Gasteiger partial charge in [0.2, 0.25) is 0 Å². The molecule has 0 unspecified atom stereocenters. The molecule has 0 atom stereocenters. The summed E-state index contributed by atoms with van der Waals surface area (Å²) in [6, 6.07) is 17.5. The lowest BCUT2D eigenvalue weighted by molar-refractivity contribution is 0.0951. The van der Waals surface area contributed by atoms with Gasteiger partial charge in [-0.1, -0.05) is 17.8 Å². The van der Waals surface area contributed by atoms with Crippen LogP contribution in [0.2, 0.25) is 0 Å². The van der Waals surface area contributed by atoms with Crippen molar-refractivity contribution in [1.29, 1.82) is 0 Å². The molecule has 3 heterocycles. The SMILES string of the molecule is O=C(NCc1ccnc(N2CCCCC2)c1)c1ccc(Sc2ccccn2)cc1. The molecule has 3 aromatic rings. The Morgan fingerprint density at radius 3 is 2.55 bits per heavy atom. The van der Waals surface area contributed by atoms with Gasteiger partial charge in [0.15, 0.2) is 0 Å². The summed E-state index contributed by atoms with van der Waals surface area (Å²) in [6.07, 6.45) is 7.34. The molecule has 1 N–H and O–H groups in total. The van der Waals surface area contributed by atoms with E-state index in [1.54, 1.807) is 18.0 Å². The van der Waals surface area contributed by atoms with Crippen LogP contribution in [0, 0.1) is 0 Å². The van der Waals surface area contributed by atoms with Crippen molar-refractivity contribution in [2.45, 2.75) is 35.7 Å². The lowest BCUT2D eigenvalue weighted by Gasteiger charge is -2.27. The second kappa shape index (κ2) is 9.56. The molecule has 1 amide bonds. The number of nitrogens with one attached hydrogen (secondary N) is 1. The lowest BCUT2D eigenvalue weighted by atomic mass is 10.1. The molecule has 1 aromatic carbocycles. The second-order valence-corrected chi connectivity index (χ2v) is 8.14. The zero-order valence-electron chi connectivity index (χ0n) is 16.3. The maximum atomic E-state index is 12.5. The Hall–Kier alpha value is -2.86. The van der Waals surface area contributed by atoms with Gasteiger partial charge in [0.1, 0.15) is 10.8 Å². The Bertz CT molecular complexity index is 941. The topological polar surface area (TPSA) is 58.1 Å². The number of piperidine rings is 1. The molecule has 0 spiro atoms. The summed E-state index contributed by atoms with van der Waals surface area (Å²) in [5.41, 5.74) is 1.72. The van der Waals surface area contributed by atoms with Gasteiger partial charge in [-0.15, -0.1) is 0 Å². The molecule has 0 radical (unpaired) electrons. The summed E-state index contributed by atoms with van der Waals surface area (Å²) in [4.78, 5) is 24.7. The smallest absolute Gasteiger partial charge is 0.251 e. The zero-order valence-corrected chi connectivity index (χ0v) is 17.1. The number of aromatic nitrogens is 2. The minimum atomic E-state index is -0.0734. The first-order valence-electron chi connectivity index (χ1n) is 9.95. The first-order chi connectivity index (χ1) is 14.3. The first-order valence-corrected chi connectivity index (χ1v) is 10.8. The molecule has 1 saturated heterocycles. The van der Waals surface area contributed by atoms with E-state index in [9.17, 15) is 4.79 Å². The molecule has 0 aliphatic carbocycles. The van der Waals surface area contributed by atoms with Gasteiger partial charge < -0.3 is 10.2 Å². The van der Waals surface area contributed by atoms with Gasteiger partial charge in [-0.3, -0.25) is 4.79 Å². The minimum Gasteiger partial charge on any atom is -0.357 e. The van der Waals surface area contributed by atoms with Crippen LogP contribution in [0.4, 0.5) is 5.82 Å². The molecule has 1 aliphatic rings. The summed E-state index contributed by atoms with van der Waals surface area (Å²) in [5, 5.41) is 3.95. The van der Waals surface area contributed by atoms with Crippen molar-refractivity contribution in [3.8, 4) is 0 Å². The first kappa shape index (κ1) is 19.5. The van der Waals surface area contributed by atoms with Gasteiger partial charge >= 0.3 is 0 Å². The molecule has 29 heavy (non-hydrogen) atoms. The quantitative estimate of drug-likeness (QED) is 0.653. The molecule has 1 aliphatic heterocycles. The number of benzene rings is 1. The lowest BCUT2D eigenvalue weighted by Crippen LogP contribution is -2.30. The Morgan fingerprint density at radius 1 is 0.966 bits per heavy atom. The number of anilines is 1. The van der Waals surface area contributed by atoms with Gasteiger partial charge in [0.25, 0.3) is 5.91 Å². The molecule has 148 valence electrons. The molecule has 6 heteroatoms. The van der Waals surface area contributed by atoms with Gasteiger partial charge in [0, 0.05) is 42.5 Å². The fraction of sp³-hybridized carbons (Fsp3) is 0.261. The van der Waals surface area contributed by atoms with Crippen molar-refractivity contribution >= 4 is 23.5 Å². The predicted octanol–water partition coefficient (Wildman–Crippen LogP) is 4.55. The van der Waals surface area contributed by atoms with Gasteiger partial charge in [-0.2, -0.15) is 0 Å². The van der Waals surface area contributed by atoms with Crippen LogP contribution in [0.5, 0.6) is 0 Å². The molecule has 1 fully saturated rings. The molecule has 4 rings (SSSR count). The van der Waals surface area contributed by atoms with E-state index in [4.69, 9.17) is 0 Å². The normalized spacial score (nSPS) is 13.9. The second-order valence-electron chi connectivity index (χ2n) is 7.05. The van der Waals surface area contributed by atoms with E-state index in [1.165, 1.54) is 19.3 Å². The molecule has 2 aromatic heterocycles. The van der Waals surface area contributed by atoms with Crippen LogP contribution in [0.3, 0.4) is 0 Å². The number of carbonyl (C=O) groups excluding carboxylic acids is 1. The summed E-state index contributed by atoms with van der Waals surface area (Å²) < 4.78 is 0. The largest absolute Gasteiger partial charge is 0.357 e. The Kier molecular flexibility index (Phi) is 6.42. The summed E-state index contributed by atoms with van der Waals surface area (Å²) >= 11 is 1.58. The van der Waals surface area contributed by atoms with E-state index in [1.807, 2.05) is 54.7 Å².